The monoisotopic (exact) mass is 335 g/mol. The molecule has 3 rings (SSSR count). The summed E-state index contributed by atoms with van der Waals surface area (Å²) < 4.78 is 40.5. The first kappa shape index (κ1) is 15.8. The van der Waals surface area contributed by atoms with E-state index in [9.17, 15) is 18.0 Å². The lowest BCUT2D eigenvalue weighted by atomic mass is 10.3. The molecule has 0 saturated heterocycles. The number of nitrogens with one attached hydrogen (secondary N) is 1. The van der Waals surface area contributed by atoms with Crippen molar-refractivity contribution in [1.82, 2.24) is 19.6 Å². The maximum Gasteiger partial charge on any atom is 0.276 e. The van der Waals surface area contributed by atoms with Gasteiger partial charge >= 0.3 is 0 Å². The fourth-order valence-corrected chi connectivity index (χ4v) is 2.08. The van der Waals surface area contributed by atoms with E-state index >= 15 is 0 Å². The number of aromatic nitrogens is 4. The molecule has 0 aliphatic carbocycles. The fraction of sp³-hybridized carbons (Fsp3) is 0.133. The molecule has 2 aromatic heterocycles. The number of hydrogen-bond donors (Lipinski definition) is 1. The summed E-state index contributed by atoms with van der Waals surface area (Å²) >= 11 is 0. The number of para-hydroxylation sites is 1. The second-order valence-corrected chi connectivity index (χ2v) is 4.89. The van der Waals surface area contributed by atoms with E-state index in [1.54, 1.807) is 12.1 Å². The second kappa shape index (κ2) is 6.57. The van der Waals surface area contributed by atoms with Crippen LogP contribution in [0.3, 0.4) is 0 Å². The lowest BCUT2D eigenvalue weighted by Crippen LogP contribution is -2.13. The van der Waals surface area contributed by atoms with Crippen molar-refractivity contribution in [2.75, 3.05) is 5.32 Å². The number of carbonyl (C=O) groups excluding carboxylic acids is 1. The maximum absolute atomic E-state index is 13.7. The highest BCUT2D eigenvalue weighted by molar-refractivity contribution is 6.02. The second-order valence-electron chi connectivity index (χ2n) is 4.89. The maximum atomic E-state index is 13.7. The molecular formula is C15H12F3N5O. The van der Waals surface area contributed by atoms with E-state index in [2.05, 4.69) is 15.5 Å². The molecule has 2 heterocycles. The molecule has 1 aromatic carbocycles. The summed E-state index contributed by atoms with van der Waals surface area (Å²) in [6.07, 6.45) is 1.46. The van der Waals surface area contributed by atoms with Gasteiger partial charge in [0.15, 0.2) is 5.69 Å². The number of alkyl halides is 2. The first-order valence-electron chi connectivity index (χ1n) is 6.95. The zero-order chi connectivity index (χ0) is 17.1. The summed E-state index contributed by atoms with van der Waals surface area (Å²) in [5.41, 5.74) is 0.530. The normalized spacial score (nSPS) is 11.0. The number of nitrogens with zero attached hydrogens (tertiary/aromatic N) is 4. The van der Waals surface area contributed by atoms with Crippen LogP contribution in [-0.2, 0) is 6.54 Å². The predicted molar refractivity (Wildman–Crippen MR) is 79.7 cm³/mol. The van der Waals surface area contributed by atoms with Gasteiger partial charge in [0.2, 0.25) is 0 Å². The van der Waals surface area contributed by atoms with E-state index in [0.29, 0.717) is 0 Å². The van der Waals surface area contributed by atoms with Gasteiger partial charge in [-0.05, 0) is 18.2 Å². The van der Waals surface area contributed by atoms with Gasteiger partial charge in [0.25, 0.3) is 12.3 Å². The van der Waals surface area contributed by atoms with Crippen LogP contribution in [0.15, 0.2) is 48.9 Å². The van der Waals surface area contributed by atoms with Crippen molar-refractivity contribution in [2.45, 2.75) is 13.0 Å². The van der Waals surface area contributed by atoms with Crippen LogP contribution in [0.25, 0.3) is 5.69 Å². The third kappa shape index (κ3) is 3.45. The lowest BCUT2D eigenvalue weighted by Gasteiger charge is -2.02. The van der Waals surface area contributed by atoms with E-state index in [4.69, 9.17) is 0 Å². The van der Waals surface area contributed by atoms with Crippen molar-refractivity contribution in [3.63, 3.8) is 0 Å². The Morgan fingerprint density at radius 1 is 1.25 bits per heavy atom. The Kier molecular flexibility index (Phi) is 4.32. The van der Waals surface area contributed by atoms with Crippen LogP contribution in [0.4, 0.5) is 18.9 Å². The largest absolute Gasteiger partial charge is 0.318 e. The smallest absolute Gasteiger partial charge is 0.276 e. The Morgan fingerprint density at radius 2 is 2.04 bits per heavy atom. The highest BCUT2D eigenvalue weighted by Crippen LogP contribution is 2.13. The van der Waals surface area contributed by atoms with Gasteiger partial charge in [0, 0.05) is 12.4 Å². The first-order valence-corrected chi connectivity index (χ1v) is 6.95. The summed E-state index contributed by atoms with van der Waals surface area (Å²) in [5.74, 6) is -1.03. The number of hydrogen-bond acceptors (Lipinski definition) is 3. The van der Waals surface area contributed by atoms with E-state index in [0.717, 1.165) is 4.68 Å². The first-order chi connectivity index (χ1) is 11.5. The molecule has 0 unspecified atom stereocenters. The molecule has 1 N–H and O–H groups in total. The average Bonchev–Trinajstić information content (AvgIpc) is 3.17. The van der Waals surface area contributed by atoms with E-state index in [1.807, 2.05) is 0 Å². The van der Waals surface area contributed by atoms with Crippen molar-refractivity contribution < 1.29 is 18.0 Å². The Bertz CT molecular complexity index is 858. The van der Waals surface area contributed by atoms with Crippen molar-refractivity contribution in [3.05, 3.63) is 60.4 Å². The van der Waals surface area contributed by atoms with Gasteiger partial charge in [-0.15, -0.1) is 0 Å². The molecule has 0 bridgehead atoms. The highest BCUT2D eigenvalue weighted by Gasteiger charge is 2.13. The predicted octanol–water partition coefficient (Wildman–Crippen LogP) is 2.73. The lowest BCUT2D eigenvalue weighted by molar-refractivity contribution is 0.102. The molecule has 0 atom stereocenters. The summed E-state index contributed by atoms with van der Waals surface area (Å²) in [7, 11) is 0. The number of benzene rings is 1. The van der Waals surface area contributed by atoms with Crippen LogP contribution < -0.4 is 5.32 Å². The van der Waals surface area contributed by atoms with Crippen LogP contribution in [0, 0.1) is 5.82 Å². The Balaban J connectivity index is 1.72. The molecule has 3 aromatic rings. The zero-order valence-electron chi connectivity index (χ0n) is 12.2. The quantitative estimate of drug-likeness (QED) is 0.780. The minimum atomic E-state index is -2.54. The Hall–Kier alpha value is -3.10. The minimum Gasteiger partial charge on any atom is -0.318 e. The highest BCUT2D eigenvalue weighted by atomic mass is 19.3. The molecule has 0 aliphatic rings. The third-order valence-electron chi connectivity index (χ3n) is 3.14. The van der Waals surface area contributed by atoms with Crippen molar-refractivity contribution in [3.8, 4) is 5.69 Å². The van der Waals surface area contributed by atoms with Gasteiger partial charge in [-0.1, -0.05) is 12.1 Å². The summed E-state index contributed by atoms with van der Waals surface area (Å²) in [5, 5.41) is 10.2. The molecule has 0 aliphatic heterocycles. The van der Waals surface area contributed by atoms with Crippen LogP contribution in [0.2, 0.25) is 0 Å². The number of rotatable bonds is 5. The summed E-state index contributed by atoms with van der Waals surface area (Å²) in [4.78, 5) is 12.1. The van der Waals surface area contributed by atoms with Gasteiger partial charge in [-0.3, -0.25) is 9.48 Å². The Labute approximate surface area is 134 Å². The van der Waals surface area contributed by atoms with E-state index in [1.165, 1.54) is 41.5 Å². The average molecular weight is 335 g/mol. The van der Waals surface area contributed by atoms with Crippen LogP contribution in [0.1, 0.15) is 10.5 Å². The van der Waals surface area contributed by atoms with Gasteiger partial charge in [0.05, 0.1) is 11.9 Å². The van der Waals surface area contributed by atoms with Gasteiger partial charge in [-0.2, -0.15) is 10.2 Å². The molecule has 0 fully saturated rings. The van der Waals surface area contributed by atoms with E-state index in [-0.39, 0.29) is 17.1 Å². The molecule has 1 amide bonds. The minimum absolute atomic E-state index is 0.0554. The standard InChI is InChI=1S/C15H12F3N5O/c16-11-3-1-2-4-13(11)23-6-5-12(21-23)15(24)20-10-7-19-22(8-10)9-14(17)18/h1-8,14H,9H2,(H,20,24). The van der Waals surface area contributed by atoms with Crippen LogP contribution in [-0.4, -0.2) is 31.9 Å². The van der Waals surface area contributed by atoms with E-state index < -0.39 is 24.7 Å². The number of amides is 1. The third-order valence-corrected chi connectivity index (χ3v) is 3.14. The van der Waals surface area contributed by atoms with Crippen LogP contribution in [0.5, 0.6) is 0 Å². The molecule has 6 nitrogen and oxygen atoms in total. The number of halogens is 3. The molecule has 0 spiro atoms. The molecular weight excluding hydrogens is 323 g/mol. The van der Waals surface area contributed by atoms with Crippen molar-refractivity contribution in [1.29, 1.82) is 0 Å². The van der Waals surface area contributed by atoms with Gasteiger partial charge in [0.1, 0.15) is 18.0 Å². The molecule has 0 saturated carbocycles. The topological polar surface area (TPSA) is 64.7 Å². The molecule has 24 heavy (non-hydrogen) atoms. The van der Waals surface area contributed by atoms with Crippen molar-refractivity contribution in [2.24, 2.45) is 0 Å². The molecule has 9 heteroatoms. The summed E-state index contributed by atoms with van der Waals surface area (Å²) in [6, 6.07) is 7.43. The van der Waals surface area contributed by atoms with Crippen molar-refractivity contribution >= 4 is 11.6 Å². The molecule has 0 radical (unpaired) electrons. The summed E-state index contributed by atoms with van der Waals surface area (Å²) in [6.45, 7) is -0.558. The zero-order valence-corrected chi connectivity index (χ0v) is 12.2. The number of anilines is 1. The van der Waals surface area contributed by atoms with Gasteiger partial charge < -0.3 is 5.32 Å². The molecule has 124 valence electrons. The number of carbonyl (C=O) groups is 1. The van der Waals surface area contributed by atoms with Crippen LogP contribution >= 0.6 is 0 Å². The van der Waals surface area contributed by atoms with Gasteiger partial charge in [-0.25, -0.2) is 17.9 Å². The SMILES string of the molecule is O=C(Nc1cnn(CC(F)F)c1)c1ccn(-c2ccccc2F)n1. The fourth-order valence-electron chi connectivity index (χ4n) is 2.08. The Morgan fingerprint density at radius 3 is 2.79 bits per heavy atom.